The average Bonchev–Trinajstić information content (AvgIpc) is 3.66. The van der Waals surface area contributed by atoms with Crippen LogP contribution in [0.1, 0.15) is 0 Å². The molecular weight excluding hydrogens is 690 g/mol. The molecule has 0 bridgehead atoms. The zero-order valence-electron chi connectivity index (χ0n) is 29.7. The Kier molecular flexibility index (Phi) is 7.14. The van der Waals surface area contributed by atoms with Crippen LogP contribution in [0.25, 0.3) is 87.5 Å². The average molecular weight is 722 g/mol. The van der Waals surface area contributed by atoms with Crippen LogP contribution in [0, 0.1) is 0 Å². The van der Waals surface area contributed by atoms with Crippen LogP contribution in [-0.4, -0.2) is 4.98 Å². The quantitative estimate of drug-likeness (QED) is 0.131. The van der Waals surface area contributed by atoms with Crippen molar-refractivity contribution in [3.63, 3.8) is 0 Å². The molecule has 0 N–H and O–H groups in total. The standard InChI is InChI=1S/C51H32NO2P/c53-55(36-13-3-1-4-14-36,37-15-5-2-6-16-37)38-27-23-33(24-28-38)34-25-30-44-47(32-34)52-50(51-49(44)45-21-11-12-22-48(45)54-51)35-26-29-43-41-19-8-7-17-39(41)40-18-9-10-20-42(40)46(43)31-35/h1-32H. The maximum absolute atomic E-state index is 15.0. The van der Waals surface area contributed by atoms with Crippen LogP contribution in [0.2, 0.25) is 0 Å². The molecule has 2 aromatic heterocycles. The third-order valence-corrected chi connectivity index (χ3v) is 14.2. The number of furan rings is 1. The zero-order valence-corrected chi connectivity index (χ0v) is 30.6. The van der Waals surface area contributed by atoms with Gasteiger partial charge >= 0.3 is 0 Å². The van der Waals surface area contributed by atoms with E-state index in [0.29, 0.717) is 0 Å². The molecule has 0 radical (unpaired) electrons. The number of para-hydroxylation sites is 1. The predicted molar refractivity (Wildman–Crippen MR) is 232 cm³/mol. The summed E-state index contributed by atoms with van der Waals surface area (Å²) < 4.78 is 21.7. The number of nitrogens with zero attached hydrogens (tertiary/aromatic N) is 1. The monoisotopic (exact) mass is 721 g/mol. The molecule has 3 nitrogen and oxygen atoms in total. The van der Waals surface area contributed by atoms with E-state index in [1.165, 1.54) is 32.3 Å². The molecule has 11 rings (SSSR count). The van der Waals surface area contributed by atoms with E-state index in [1.807, 2.05) is 84.9 Å². The lowest BCUT2D eigenvalue weighted by Gasteiger charge is -2.20. The molecule has 4 heteroatoms. The molecule has 0 saturated carbocycles. The van der Waals surface area contributed by atoms with Crippen LogP contribution in [0.4, 0.5) is 0 Å². The molecule has 11 aromatic rings. The number of hydrogen-bond acceptors (Lipinski definition) is 3. The Morgan fingerprint density at radius 3 is 1.49 bits per heavy atom. The number of rotatable bonds is 5. The second-order valence-corrected chi connectivity index (χ2v) is 16.9. The summed E-state index contributed by atoms with van der Waals surface area (Å²) >= 11 is 0. The van der Waals surface area contributed by atoms with Crippen molar-refractivity contribution in [1.29, 1.82) is 0 Å². The minimum Gasteiger partial charge on any atom is -0.454 e. The normalized spacial score (nSPS) is 12.1. The predicted octanol–water partition coefficient (Wildman–Crippen LogP) is 12.6. The van der Waals surface area contributed by atoms with Crippen molar-refractivity contribution in [2.24, 2.45) is 0 Å². The highest BCUT2D eigenvalue weighted by molar-refractivity contribution is 7.85. The molecule has 0 amide bonds. The third kappa shape index (κ3) is 4.91. The van der Waals surface area contributed by atoms with Crippen LogP contribution in [0.15, 0.2) is 199 Å². The van der Waals surface area contributed by atoms with Crippen molar-refractivity contribution in [3.05, 3.63) is 194 Å². The lowest BCUT2D eigenvalue weighted by Crippen LogP contribution is -2.24. The molecule has 0 aliphatic heterocycles. The van der Waals surface area contributed by atoms with Crippen molar-refractivity contribution < 1.29 is 8.98 Å². The number of pyridine rings is 1. The summed E-state index contributed by atoms with van der Waals surface area (Å²) in [6.45, 7) is 0. The highest BCUT2D eigenvalue weighted by Gasteiger charge is 2.29. The van der Waals surface area contributed by atoms with Gasteiger partial charge in [0, 0.05) is 37.6 Å². The van der Waals surface area contributed by atoms with Gasteiger partial charge < -0.3 is 8.98 Å². The number of benzene rings is 9. The molecule has 9 aromatic carbocycles. The maximum Gasteiger partial charge on any atom is 0.171 e. The van der Waals surface area contributed by atoms with Crippen LogP contribution >= 0.6 is 7.14 Å². The number of hydrogen-bond donors (Lipinski definition) is 0. The topological polar surface area (TPSA) is 43.1 Å². The van der Waals surface area contributed by atoms with E-state index >= 15 is 4.57 Å². The molecule has 0 saturated heterocycles. The van der Waals surface area contributed by atoms with Crippen LogP contribution < -0.4 is 15.9 Å². The lowest BCUT2D eigenvalue weighted by molar-refractivity contribution is 0.592. The Morgan fingerprint density at radius 1 is 0.382 bits per heavy atom. The van der Waals surface area contributed by atoms with Crippen molar-refractivity contribution in [3.8, 4) is 22.4 Å². The van der Waals surface area contributed by atoms with Gasteiger partial charge in [-0.1, -0.05) is 176 Å². The Hall–Kier alpha value is -6.80. The Bertz CT molecular complexity index is 3250. The minimum atomic E-state index is -3.08. The van der Waals surface area contributed by atoms with Gasteiger partial charge in [-0.2, -0.15) is 0 Å². The minimum absolute atomic E-state index is 0.785. The van der Waals surface area contributed by atoms with Gasteiger partial charge in [-0.3, -0.25) is 0 Å². The Balaban J connectivity index is 1.10. The van der Waals surface area contributed by atoms with Gasteiger partial charge in [0.05, 0.1) is 5.52 Å². The summed E-state index contributed by atoms with van der Waals surface area (Å²) in [7, 11) is -3.08. The molecule has 0 aliphatic rings. The summed E-state index contributed by atoms with van der Waals surface area (Å²) in [5, 5.41) is 13.0. The summed E-state index contributed by atoms with van der Waals surface area (Å²) in [4.78, 5) is 5.40. The highest BCUT2D eigenvalue weighted by Crippen LogP contribution is 2.44. The molecule has 258 valence electrons. The fourth-order valence-corrected chi connectivity index (χ4v) is 11.2. The fourth-order valence-electron chi connectivity index (χ4n) is 8.50. The van der Waals surface area contributed by atoms with Crippen LogP contribution in [-0.2, 0) is 4.57 Å². The number of fused-ring (bicyclic) bond motifs is 11. The van der Waals surface area contributed by atoms with Crippen molar-refractivity contribution in [2.45, 2.75) is 0 Å². The van der Waals surface area contributed by atoms with E-state index in [-0.39, 0.29) is 0 Å². The van der Waals surface area contributed by atoms with E-state index in [2.05, 4.69) is 109 Å². The van der Waals surface area contributed by atoms with Gasteiger partial charge in [0.25, 0.3) is 0 Å². The first kappa shape index (κ1) is 31.7. The molecule has 0 spiro atoms. The summed E-state index contributed by atoms with van der Waals surface area (Å²) in [5.74, 6) is 0. The second-order valence-electron chi connectivity index (χ2n) is 14.2. The van der Waals surface area contributed by atoms with Crippen molar-refractivity contribution in [1.82, 2.24) is 4.98 Å². The molecule has 0 fully saturated rings. The summed E-state index contributed by atoms with van der Waals surface area (Å²) in [6, 6.07) is 66.6. The Labute approximate surface area is 317 Å². The van der Waals surface area contributed by atoms with E-state index in [1.54, 1.807) is 0 Å². The van der Waals surface area contributed by atoms with E-state index in [0.717, 1.165) is 71.1 Å². The van der Waals surface area contributed by atoms with Crippen molar-refractivity contribution in [2.75, 3.05) is 0 Å². The molecule has 0 atom stereocenters. The van der Waals surface area contributed by atoms with Crippen LogP contribution in [0.3, 0.4) is 0 Å². The van der Waals surface area contributed by atoms with Gasteiger partial charge in [-0.25, -0.2) is 4.98 Å². The van der Waals surface area contributed by atoms with Gasteiger partial charge in [0.15, 0.2) is 12.7 Å². The van der Waals surface area contributed by atoms with Gasteiger partial charge in [0.1, 0.15) is 11.3 Å². The smallest absolute Gasteiger partial charge is 0.171 e. The van der Waals surface area contributed by atoms with E-state index < -0.39 is 7.14 Å². The third-order valence-electron chi connectivity index (χ3n) is 11.1. The maximum atomic E-state index is 15.0. The first-order valence-electron chi connectivity index (χ1n) is 18.6. The molecule has 2 heterocycles. The zero-order chi connectivity index (χ0) is 36.5. The highest BCUT2D eigenvalue weighted by atomic mass is 31.2. The molecule has 55 heavy (non-hydrogen) atoms. The van der Waals surface area contributed by atoms with Gasteiger partial charge in [0.2, 0.25) is 0 Å². The van der Waals surface area contributed by atoms with E-state index in [9.17, 15) is 0 Å². The Morgan fingerprint density at radius 2 is 0.855 bits per heavy atom. The SMILES string of the molecule is O=P(c1ccccc1)(c1ccccc1)c1ccc(-c2ccc3c(c2)nc(-c2ccc4c5ccccc5c5ccccc5c4c2)c2oc4ccccc4c23)cc1. The largest absolute Gasteiger partial charge is 0.454 e. The summed E-state index contributed by atoms with van der Waals surface area (Å²) in [6.07, 6.45) is 0. The lowest BCUT2D eigenvalue weighted by atomic mass is 9.92. The molecule has 0 aliphatic carbocycles. The fraction of sp³-hybridized carbons (Fsp3) is 0. The van der Waals surface area contributed by atoms with Gasteiger partial charge in [-0.15, -0.1) is 0 Å². The van der Waals surface area contributed by atoms with E-state index in [4.69, 9.17) is 9.40 Å². The molecule has 0 unspecified atom stereocenters. The van der Waals surface area contributed by atoms with Gasteiger partial charge in [-0.05, 0) is 61.6 Å². The first-order chi connectivity index (χ1) is 27.1. The van der Waals surface area contributed by atoms with Crippen LogP contribution in [0.5, 0.6) is 0 Å². The number of aromatic nitrogens is 1. The van der Waals surface area contributed by atoms with Crippen molar-refractivity contribution >= 4 is 88.2 Å². The molecular formula is C51H32NO2P. The second kappa shape index (κ2) is 12.4. The first-order valence-corrected chi connectivity index (χ1v) is 20.3. The summed E-state index contributed by atoms with van der Waals surface area (Å²) in [5.41, 5.74) is 6.40.